The maximum Gasteiger partial charge on any atom is 0.324 e. The van der Waals surface area contributed by atoms with E-state index in [1.54, 1.807) is 7.11 Å². The van der Waals surface area contributed by atoms with Crippen LogP contribution in [-0.4, -0.2) is 114 Å². The van der Waals surface area contributed by atoms with Crippen LogP contribution in [0.5, 0.6) is 0 Å². The first-order chi connectivity index (χ1) is 30.2. The maximum absolute atomic E-state index is 14.3. The molecule has 6 atom stereocenters. The SMILES string of the molecule is CO[C@@H](C)c1ncc(N2CCN(C)CC2)cc1-c1c2c3cc(cc4c3n1CCC4)-c1csc(n1)C[C@H](NC(=O)C1[C@H]3CC(F)(F)C[C@@H]13)C(=O)N1CCC[C@H](N1)C(=O)OCC(C)(C)C2. The van der Waals surface area contributed by atoms with Gasteiger partial charge < -0.3 is 29.2 Å². The van der Waals surface area contributed by atoms with Crippen molar-refractivity contribution in [1.29, 1.82) is 0 Å². The van der Waals surface area contributed by atoms with Gasteiger partial charge in [0.25, 0.3) is 5.91 Å². The molecule has 7 heterocycles. The third-order valence-electron chi connectivity index (χ3n) is 14.5. The van der Waals surface area contributed by atoms with Crippen LogP contribution < -0.4 is 15.6 Å². The highest BCUT2D eigenvalue weighted by Crippen LogP contribution is 2.62. The second-order valence-electron chi connectivity index (χ2n) is 19.7. The number of carbonyl (C=O) groups is 3. The van der Waals surface area contributed by atoms with Crippen molar-refractivity contribution >= 4 is 45.7 Å². The van der Waals surface area contributed by atoms with Crippen LogP contribution in [0.25, 0.3) is 33.4 Å². The summed E-state index contributed by atoms with van der Waals surface area (Å²) < 4.78 is 42.8. The molecule has 3 aromatic heterocycles. The summed E-state index contributed by atoms with van der Waals surface area (Å²) in [5.74, 6) is -5.25. The number of halogens is 2. The Hall–Kier alpha value is -4.51. The number of nitrogens with zero attached hydrogens (tertiary/aromatic N) is 6. The number of likely N-dealkylation sites (N-methyl/N-ethyl adjacent to an activating group) is 1. The van der Waals surface area contributed by atoms with Gasteiger partial charge in [0.05, 0.1) is 52.2 Å². The predicted molar refractivity (Wildman–Crippen MR) is 236 cm³/mol. The Balaban J connectivity index is 1.08. The van der Waals surface area contributed by atoms with E-state index in [0.29, 0.717) is 30.8 Å². The lowest BCUT2D eigenvalue weighted by Gasteiger charge is -2.35. The van der Waals surface area contributed by atoms with Crippen molar-refractivity contribution in [3.63, 3.8) is 0 Å². The molecule has 2 saturated heterocycles. The molecule has 2 saturated carbocycles. The zero-order valence-corrected chi connectivity index (χ0v) is 37.7. The Morgan fingerprint density at radius 2 is 1.84 bits per heavy atom. The molecule has 6 bridgehead atoms. The highest BCUT2D eigenvalue weighted by atomic mass is 32.1. The number of hydrogen-bond donors (Lipinski definition) is 2. The minimum Gasteiger partial charge on any atom is -0.464 e. The van der Waals surface area contributed by atoms with Gasteiger partial charge in [-0.15, -0.1) is 11.3 Å². The molecule has 0 radical (unpaired) electrons. The van der Waals surface area contributed by atoms with E-state index in [4.69, 9.17) is 19.4 Å². The van der Waals surface area contributed by atoms with Crippen LogP contribution in [0.1, 0.15) is 80.8 Å². The molecule has 4 fully saturated rings. The predicted octanol–water partition coefficient (Wildman–Crippen LogP) is 6.17. The van der Waals surface area contributed by atoms with Crippen LogP contribution in [0.2, 0.25) is 0 Å². The number of anilines is 1. The summed E-state index contributed by atoms with van der Waals surface area (Å²) >= 11 is 1.43. The number of cyclic esters (lactones) is 1. The highest BCUT2D eigenvalue weighted by Gasteiger charge is 2.65. The maximum atomic E-state index is 14.3. The van der Waals surface area contributed by atoms with Crippen LogP contribution in [-0.2, 0) is 49.7 Å². The topological polar surface area (TPSA) is 134 Å². The van der Waals surface area contributed by atoms with Crippen molar-refractivity contribution in [2.45, 2.75) is 103 Å². The van der Waals surface area contributed by atoms with E-state index in [0.717, 1.165) is 90.4 Å². The van der Waals surface area contributed by atoms with Gasteiger partial charge in [-0.3, -0.25) is 24.4 Å². The fraction of sp³-hybridized carbons (Fsp3) is 0.596. The van der Waals surface area contributed by atoms with Crippen LogP contribution >= 0.6 is 11.3 Å². The Kier molecular flexibility index (Phi) is 10.9. The normalized spacial score (nSPS) is 27.4. The third kappa shape index (κ3) is 8.03. The quantitative estimate of drug-likeness (QED) is 0.217. The number of methoxy groups -OCH3 is 1. The second kappa shape index (κ2) is 16.2. The fourth-order valence-electron chi connectivity index (χ4n) is 11.0. The number of rotatable bonds is 6. The number of pyridine rings is 1. The lowest BCUT2D eigenvalue weighted by molar-refractivity contribution is -0.155. The summed E-state index contributed by atoms with van der Waals surface area (Å²) in [7, 11) is 3.88. The number of nitrogens with one attached hydrogen (secondary N) is 2. The van der Waals surface area contributed by atoms with E-state index in [1.807, 2.05) is 18.5 Å². The molecule has 4 aromatic rings. The first kappa shape index (κ1) is 42.4. The fourth-order valence-corrected chi connectivity index (χ4v) is 11.8. The number of hydrogen-bond acceptors (Lipinski definition) is 11. The summed E-state index contributed by atoms with van der Waals surface area (Å²) in [5, 5.41) is 8.18. The first-order valence-corrected chi connectivity index (χ1v) is 23.6. The number of esters is 1. The molecule has 10 rings (SSSR count). The molecule has 6 aliphatic rings. The number of benzene rings is 1. The number of carbonyl (C=O) groups excluding carboxylic acids is 3. The smallest absolute Gasteiger partial charge is 0.324 e. The summed E-state index contributed by atoms with van der Waals surface area (Å²) in [5.41, 5.74) is 12.1. The number of aryl methyl sites for hydroxylation is 2. The minimum atomic E-state index is -2.75. The number of alkyl halides is 2. The zero-order chi connectivity index (χ0) is 43.9. The summed E-state index contributed by atoms with van der Waals surface area (Å²) in [6, 6.07) is 5.02. The summed E-state index contributed by atoms with van der Waals surface area (Å²) in [6.45, 7) is 11.4. The Morgan fingerprint density at radius 1 is 1.06 bits per heavy atom. The van der Waals surface area contributed by atoms with Crippen LogP contribution in [0.4, 0.5) is 14.5 Å². The molecular formula is C47H58F2N8O5S. The van der Waals surface area contributed by atoms with E-state index in [9.17, 15) is 23.2 Å². The van der Waals surface area contributed by atoms with E-state index < -0.39 is 41.2 Å². The van der Waals surface area contributed by atoms with Gasteiger partial charge >= 0.3 is 5.97 Å². The van der Waals surface area contributed by atoms with Crippen molar-refractivity contribution < 1.29 is 32.6 Å². The largest absolute Gasteiger partial charge is 0.464 e. The van der Waals surface area contributed by atoms with E-state index in [-0.39, 0.29) is 49.7 Å². The molecule has 2 aliphatic carbocycles. The van der Waals surface area contributed by atoms with Gasteiger partial charge in [-0.1, -0.05) is 13.8 Å². The molecule has 2 N–H and O–H groups in total. The molecule has 336 valence electrons. The first-order valence-electron chi connectivity index (χ1n) is 22.7. The van der Waals surface area contributed by atoms with Crippen molar-refractivity contribution in [2.24, 2.45) is 23.2 Å². The molecular weight excluding hydrogens is 827 g/mol. The molecule has 16 heteroatoms. The van der Waals surface area contributed by atoms with Gasteiger partial charge in [0, 0.05) is 98.9 Å². The second-order valence-corrected chi connectivity index (χ2v) is 20.6. The molecule has 1 unspecified atom stereocenters. The Labute approximate surface area is 370 Å². The van der Waals surface area contributed by atoms with Gasteiger partial charge in [0.2, 0.25) is 11.8 Å². The van der Waals surface area contributed by atoms with Crippen LogP contribution in [0.3, 0.4) is 0 Å². The zero-order valence-electron chi connectivity index (χ0n) is 36.8. The molecule has 4 aliphatic heterocycles. The number of fused-ring (bicyclic) bond motifs is 7. The van der Waals surface area contributed by atoms with Gasteiger partial charge in [-0.25, -0.2) is 19.2 Å². The number of ether oxygens (including phenoxy) is 2. The molecule has 0 spiro atoms. The van der Waals surface area contributed by atoms with Crippen LogP contribution in [0, 0.1) is 23.2 Å². The van der Waals surface area contributed by atoms with Gasteiger partial charge in [-0.2, -0.15) is 0 Å². The van der Waals surface area contributed by atoms with Gasteiger partial charge in [0.1, 0.15) is 12.1 Å². The number of amides is 2. The molecule has 1 aromatic carbocycles. The molecule has 63 heavy (non-hydrogen) atoms. The van der Waals surface area contributed by atoms with E-state index in [2.05, 4.69) is 64.2 Å². The minimum absolute atomic E-state index is 0.118. The van der Waals surface area contributed by atoms with E-state index in [1.165, 1.54) is 27.4 Å². The number of aromatic nitrogens is 3. The summed E-state index contributed by atoms with van der Waals surface area (Å²) in [4.78, 5) is 56.9. The van der Waals surface area contributed by atoms with Gasteiger partial charge in [-0.05, 0) is 87.2 Å². The highest BCUT2D eigenvalue weighted by molar-refractivity contribution is 7.10. The van der Waals surface area contributed by atoms with Crippen molar-refractivity contribution in [2.75, 3.05) is 58.4 Å². The number of piperazine rings is 1. The summed E-state index contributed by atoms with van der Waals surface area (Å²) in [6.07, 6.45) is 4.73. The average Bonchev–Trinajstić information content (AvgIpc) is 3.53. The van der Waals surface area contributed by atoms with E-state index >= 15 is 0 Å². The lowest BCUT2D eigenvalue weighted by Crippen LogP contribution is -2.60. The standard InChI is InChI=1S/C47H58F2N8O5S/c1-26(61-5)40-31(18-29(23-50-40)55-14-12-54(4)13-15-55)42-34-20-46(2,3)25-62-45(60)35-9-7-11-57(53-35)44(59)36(52-43(58)39-32-21-47(48,49)22-33(32)39)19-38-51-37(24-63-38)28-16-27-8-6-10-56(42)41(27)30(34)17-28/h16-18,23-24,26,32-33,35-36,39,53H,6-15,19-22,25H2,1-5H3,(H,52,58)/t26-,32-,33+,35-,36-,39?/m0/s1. The monoisotopic (exact) mass is 884 g/mol. The Bertz CT molecular complexity index is 2450. The van der Waals surface area contributed by atoms with Crippen molar-refractivity contribution in [3.8, 4) is 22.5 Å². The number of thiazole rings is 1. The van der Waals surface area contributed by atoms with Gasteiger partial charge in [0.15, 0.2) is 0 Å². The lowest BCUT2D eigenvalue weighted by atomic mass is 9.84. The van der Waals surface area contributed by atoms with Crippen molar-refractivity contribution in [3.05, 3.63) is 51.6 Å². The Morgan fingerprint density at radius 3 is 2.60 bits per heavy atom. The number of hydrazine groups is 1. The average molecular weight is 885 g/mol. The molecule has 2 amide bonds. The molecule has 13 nitrogen and oxygen atoms in total. The third-order valence-corrected chi connectivity index (χ3v) is 15.3. The van der Waals surface area contributed by atoms with Crippen molar-refractivity contribution in [1.82, 2.24) is 35.2 Å². The van der Waals surface area contributed by atoms with Crippen LogP contribution in [0.15, 0.2) is 29.8 Å².